The van der Waals surface area contributed by atoms with Gasteiger partial charge in [-0.25, -0.2) is 4.39 Å². The number of halogens is 1. The van der Waals surface area contributed by atoms with E-state index in [1.54, 1.807) is 18.2 Å². The predicted molar refractivity (Wildman–Crippen MR) is 73.9 cm³/mol. The highest BCUT2D eigenvalue weighted by atomic mass is 19.1. The lowest BCUT2D eigenvalue weighted by Gasteiger charge is -2.13. The lowest BCUT2D eigenvalue weighted by Crippen LogP contribution is -2.28. The Morgan fingerprint density at radius 1 is 1.47 bits per heavy atom. The SMILES string of the molecule is CCC(CCO)CNC(=O)C=Cc1ccccc1F. The molecule has 0 aliphatic heterocycles. The van der Waals surface area contributed by atoms with Gasteiger partial charge in [0.15, 0.2) is 0 Å². The van der Waals surface area contributed by atoms with Crippen molar-refractivity contribution in [3.63, 3.8) is 0 Å². The standard InChI is InChI=1S/C15H20FNO2/c1-2-12(9-10-18)11-17-15(19)8-7-13-5-3-4-6-14(13)16/h3-8,12,18H,2,9-11H2,1H3,(H,17,19). The zero-order chi connectivity index (χ0) is 14.1. The van der Waals surface area contributed by atoms with Gasteiger partial charge < -0.3 is 10.4 Å². The number of carbonyl (C=O) groups is 1. The number of hydrogen-bond acceptors (Lipinski definition) is 2. The number of rotatable bonds is 7. The van der Waals surface area contributed by atoms with Crippen LogP contribution in [0.5, 0.6) is 0 Å². The van der Waals surface area contributed by atoms with Gasteiger partial charge in [0.05, 0.1) is 0 Å². The maximum Gasteiger partial charge on any atom is 0.244 e. The van der Waals surface area contributed by atoms with Crippen molar-refractivity contribution in [3.05, 3.63) is 41.7 Å². The van der Waals surface area contributed by atoms with E-state index in [4.69, 9.17) is 5.11 Å². The summed E-state index contributed by atoms with van der Waals surface area (Å²) in [6, 6.07) is 6.29. The minimum Gasteiger partial charge on any atom is -0.396 e. The smallest absolute Gasteiger partial charge is 0.244 e. The van der Waals surface area contributed by atoms with Crippen LogP contribution < -0.4 is 5.32 Å². The molecule has 0 spiro atoms. The number of aliphatic hydroxyl groups excluding tert-OH is 1. The van der Waals surface area contributed by atoms with Gasteiger partial charge >= 0.3 is 0 Å². The Morgan fingerprint density at radius 2 is 2.21 bits per heavy atom. The van der Waals surface area contributed by atoms with E-state index < -0.39 is 0 Å². The fourth-order valence-electron chi connectivity index (χ4n) is 1.71. The molecule has 3 nitrogen and oxygen atoms in total. The van der Waals surface area contributed by atoms with Gasteiger partial charge in [-0.2, -0.15) is 0 Å². The molecular weight excluding hydrogens is 245 g/mol. The zero-order valence-corrected chi connectivity index (χ0v) is 11.1. The van der Waals surface area contributed by atoms with Crippen LogP contribution in [0.1, 0.15) is 25.3 Å². The normalized spacial score (nSPS) is 12.6. The Kier molecular flexibility index (Phi) is 6.82. The van der Waals surface area contributed by atoms with Crippen molar-refractivity contribution in [1.29, 1.82) is 0 Å². The van der Waals surface area contributed by atoms with Crippen molar-refractivity contribution in [1.82, 2.24) is 5.32 Å². The van der Waals surface area contributed by atoms with Crippen LogP contribution in [0.25, 0.3) is 6.08 Å². The summed E-state index contributed by atoms with van der Waals surface area (Å²) in [5.41, 5.74) is 0.389. The number of hydrogen-bond donors (Lipinski definition) is 2. The first-order valence-corrected chi connectivity index (χ1v) is 6.48. The van der Waals surface area contributed by atoms with E-state index in [0.29, 0.717) is 18.5 Å². The molecule has 0 aliphatic rings. The summed E-state index contributed by atoms with van der Waals surface area (Å²) < 4.78 is 13.3. The first kappa shape index (κ1) is 15.4. The molecule has 4 heteroatoms. The molecule has 0 saturated heterocycles. The molecule has 1 rings (SSSR count). The fraction of sp³-hybridized carbons (Fsp3) is 0.400. The summed E-state index contributed by atoms with van der Waals surface area (Å²) in [6.45, 7) is 2.67. The van der Waals surface area contributed by atoms with Crippen molar-refractivity contribution >= 4 is 12.0 Å². The Labute approximate surface area is 113 Å². The summed E-state index contributed by atoms with van der Waals surface area (Å²) in [7, 11) is 0. The summed E-state index contributed by atoms with van der Waals surface area (Å²) in [5, 5.41) is 11.6. The Bertz CT molecular complexity index is 432. The third kappa shape index (κ3) is 5.66. The summed E-state index contributed by atoms with van der Waals surface area (Å²) in [6.07, 6.45) is 4.35. The van der Waals surface area contributed by atoms with Gasteiger partial charge in [-0.1, -0.05) is 31.5 Å². The topological polar surface area (TPSA) is 49.3 Å². The molecule has 0 bridgehead atoms. The Balaban J connectivity index is 2.45. The predicted octanol–water partition coefficient (Wildman–Crippen LogP) is 2.36. The third-order valence-corrected chi connectivity index (χ3v) is 3.00. The van der Waals surface area contributed by atoms with Crippen molar-refractivity contribution in [3.8, 4) is 0 Å². The molecular formula is C15H20FNO2. The molecule has 0 saturated carbocycles. The molecule has 19 heavy (non-hydrogen) atoms. The van der Waals surface area contributed by atoms with Crippen LogP contribution in [-0.4, -0.2) is 24.2 Å². The number of amides is 1. The first-order valence-electron chi connectivity index (χ1n) is 6.48. The second kappa shape index (κ2) is 8.43. The highest BCUT2D eigenvalue weighted by Crippen LogP contribution is 2.08. The molecule has 0 aliphatic carbocycles. The van der Waals surface area contributed by atoms with Crippen LogP contribution in [0.2, 0.25) is 0 Å². The van der Waals surface area contributed by atoms with Crippen molar-refractivity contribution in [2.45, 2.75) is 19.8 Å². The molecule has 0 heterocycles. The van der Waals surface area contributed by atoms with E-state index in [0.717, 1.165) is 6.42 Å². The summed E-state index contributed by atoms with van der Waals surface area (Å²) in [5.74, 6) is -0.325. The van der Waals surface area contributed by atoms with E-state index in [1.165, 1.54) is 18.2 Å². The molecule has 1 amide bonds. The number of aliphatic hydroxyl groups is 1. The van der Waals surface area contributed by atoms with Crippen LogP contribution in [0.4, 0.5) is 4.39 Å². The van der Waals surface area contributed by atoms with Crippen LogP contribution in [0.15, 0.2) is 30.3 Å². The largest absolute Gasteiger partial charge is 0.396 e. The van der Waals surface area contributed by atoms with Gasteiger partial charge in [0.25, 0.3) is 0 Å². The Hall–Kier alpha value is -1.68. The van der Waals surface area contributed by atoms with Crippen LogP contribution in [0.3, 0.4) is 0 Å². The minimum atomic E-state index is -0.349. The number of carbonyl (C=O) groups excluding carboxylic acids is 1. The molecule has 1 aromatic carbocycles. The number of benzene rings is 1. The highest BCUT2D eigenvalue weighted by molar-refractivity contribution is 5.91. The third-order valence-electron chi connectivity index (χ3n) is 3.00. The lowest BCUT2D eigenvalue weighted by atomic mass is 10.0. The molecule has 0 fully saturated rings. The molecule has 0 aromatic heterocycles. The Morgan fingerprint density at radius 3 is 2.84 bits per heavy atom. The zero-order valence-electron chi connectivity index (χ0n) is 11.1. The van der Waals surface area contributed by atoms with Gasteiger partial charge in [-0.3, -0.25) is 4.79 Å². The van der Waals surface area contributed by atoms with E-state index in [-0.39, 0.29) is 24.2 Å². The van der Waals surface area contributed by atoms with Gasteiger partial charge in [0.1, 0.15) is 5.82 Å². The molecule has 104 valence electrons. The van der Waals surface area contributed by atoms with Crippen LogP contribution in [-0.2, 0) is 4.79 Å². The quantitative estimate of drug-likeness (QED) is 0.744. The lowest BCUT2D eigenvalue weighted by molar-refractivity contribution is -0.116. The van der Waals surface area contributed by atoms with Crippen molar-refractivity contribution in [2.75, 3.05) is 13.2 Å². The molecule has 0 radical (unpaired) electrons. The molecule has 1 unspecified atom stereocenters. The number of nitrogens with one attached hydrogen (secondary N) is 1. The van der Waals surface area contributed by atoms with Crippen LogP contribution >= 0.6 is 0 Å². The van der Waals surface area contributed by atoms with E-state index in [1.807, 2.05) is 6.92 Å². The highest BCUT2D eigenvalue weighted by Gasteiger charge is 2.06. The maximum absolute atomic E-state index is 13.3. The van der Waals surface area contributed by atoms with E-state index >= 15 is 0 Å². The van der Waals surface area contributed by atoms with Gasteiger partial charge in [-0.15, -0.1) is 0 Å². The van der Waals surface area contributed by atoms with Gasteiger partial charge in [-0.05, 0) is 24.5 Å². The molecule has 1 atom stereocenters. The van der Waals surface area contributed by atoms with Crippen molar-refractivity contribution in [2.24, 2.45) is 5.92 Å². The van der Waals surface area contributed by atoms with Crippen LogP contribution in [0, 0.1) is 11.7 Å². The van der Waals surface area contributed by atoms with Gasteiger partial charge in [0.2, 0.25) is 5.91 Å². The minimum absolute atomic E-state index is 0.124. The monoisotopic (exact) mass is 265 g/mol. The van der Waals surface area contributed by atoms with E-state index in [2.05, 4.69) is 5.32 Å². The average molecular weight is 265 g/mol. The molecule has 2 N–H and O–H groups in total. The first-order chi connectivity index (χ1) is 9.17. The summed E-state index contributed by atoms with van der Waals surface area (Å²) >= 11 is 0. The second-order valence-corrected chi connectivity index (χ2v) is 4.39. The van der Waals surface area contributed by atoms with E-state index in [9.17, 15) is 9.18 Å². The van der Waals surface area contributed by atoms with Gasteiger partial charge in [0, 0.05) is 24.8 Å². The second-order valence-electron chi connectivity index (χ2n) is 4.39. The molecule has 1 aromatic rings. The maximum atomic E-state index is 13.3. The van der Waals surface area contributed by atoms with Crippen molar-refractivity contribution < 1.29 is 14.3 Å². The summed E-state index contributed by atoms with van der Waals surface area (Å²) in [4.78, 5) is 11.6. The fourth-order valence-corrected chi connectivity index (χ4v) is 1.71. The average Bonchev–Trinajstić information content (AvgIpc) is 2.42.